The van der Waals surface area contributed by atoms with Gasteiger partial charge in [-0.05, 0) is 48.6 Å². The largest absolute Gasteiger partial charge is 0.287 e. The summed E-state index contributed by atoms with van der Waals surface area (Å²) >= 11 is 0. The summed E-state index contributed by atoms with van der Waals surface area (Å²) in [4.78, 5) is 5.39. The van der Waals surface area contributed by atoms with E-state index in [4.69, 9.17) is 0 Å². The molecule has 110 valence electrons. The van der Waals surface area contributed by atoms with Crippen LogP contribution in [0.15, 0.2) is 42.5 Å². The van der Waals surface area contributed by atoms with Gasteiger partial charge in [-0.2, -0.15) is 0 Å². The van der Waals surface area contributed by atoms with Crippen LogP contribution in [-0.2, 0) is 6.42 Å². The highest BCUT2D eigenvalue weighted by Crippen LogP contribution is 2.25. The fourth-order valence-electron chi connectivity index (χ4n) is 3.98. The molecule has 2 aliphatic rings. The van der Waals surface area contributed by atoms with Crippen molar-refractivity contribution in [3.05, 3.63) is 48.0 Å². The average Bonchev–Trinajstić information content (AvgIpc) is 2.96. The Hall–Kier alpha value is -1.38. The van der Waals surface area contributed by atoms with Gasteiger partial charge in [-0.1, -0.05) is 42.5 Å². The van der Waals surface area contributed by atoms with Crippen LogP contribution in [0.4, 0.5) is 0 Å². The van der Waals surface area contributed by atoms with Crippen LogP contribution in [0.2, 0.25) is 0 Å². The number of fused-ring (bicyclic) bond motifs is 2. The van der Waals surface area contributed by atoms with Crippen molar-refractivity contribution in [2.75, 3.05) is 26.2 Å². The van der Waals surface area contributed by atoms with Crippen LogP contribution in [0.25, 0.3) is 10.8 Å². The molecule has 1 atom stereocenters. The van der Waals surface area contributed by atoms with Crippen molar-refractivity contribution in [3.8, 4) is 0 Å². The molecule has 4 rings (SSSR count). The van der Waals surface area contributed by atoms with E-state index in [0.717, 1.165) is 6.17 Å². The number of piperidine rings is 1. The van der Waals surface area contributed by atoms with Crippen molar-refractivity contribution in [3.63, 3.8) is 0 Å². The maximum atomic E-state index is 2.70. The van der Waals surface area contributed by atoms with Crippen LogP contribution in [0.5, 0.6) is 0 Å². The quantitative estimate of drug-likeness (QED) is 0.849. The third kappa shape index (κ3) is 2.70. The van der Waals surface area contributed by atoms with Gasteiger partial charge in [0.1, 0.15) is 0 Å². The first kappa shape index (κ1) is 13.3. The minimum absolute atomic E-state index is 0.735. The summed E-state index contributed by atoms with van der Waals surface area (Å²) in [6.07, 6.45) is 6.09. The van der Waals surface area contributed by atoms with Gasteiger partial charge >= 0.3 is 0 Å². The summed E-state index contributed by atoms with van der Waals surface area (Å²) in [5.41, 5.74) is 1.47. The maximum Gasteiger partial charge on any atom is 0.0623 e. The van der Waals surface area contributed by atoms with Gasteiger partial charge in [0.05, 0.1) is 6.17 Å². The van der Waals surface area contributed by atoms with Gasteiger partial charge in [0, 0.05) is 19.6 Å². The lowest BCUT2D eigenvalue weighted by atomic mass is 10.0. The number of nitrogens with zero attached hydrogens (tertiary/aromatic N) is 2. The predicted molar refractivity (Wildman–Crippen MR) is 88.4 cm³/mol. The Bertz CT molecular complexity index is 622. The van der Waals surface area contributed by atoms with Crippen molar-refractivity contribution in [1.29, 1.82) is 0 Å². The first-order chi connectivity index (χ1) is 10.4. The molecule has 2 aromatic carbocycles. The van der Waals surface area contributed by atoms with Crippen molar-refractivity contribution in [2.45, 2.75) is 31.8 Å². The van der Waals surface area contributed by atoms with Gasteiger partial charge in [-0.15, -0.1) is 0 Å². The summed E-state index contributed by atoms with van der Waals surface area (Å²) < 4.78 is 0. The van der Waals surface area contributed by atoms with Gasteiger partial charge in [-0.3, -0.25) is 9.80 Å². The Labute approximate surface area is 127 Å². The van der Waals surface area contributed by atoms with E-state index in [1.165, 1.54) is 68.2 Å². The second-order valence-electron chi connectivity index (χ2n) is 6.48. The van der Waals surface area contributed by atoms with E-state index < -0.39 is 0 Å². The maximum absolute atomic E-state index is 2.70. The Kier molecular flexibility index (Phi) is 3.66. The standard InChI is InChI=1S/C19H24N2/c1-2-6-18-15-16(8-9-17(18)5-1)10-12-21-14-13-20-11-4-3-7-19(20)21/h1-2,5-6,8-9,15,19H,3-4,7,10-14H2. The fourth-order valence-corrected chi connectivity index (χ4v) is 3.98. The Balaban J connectivity index is 1.43. The van der Waals surface area contributed by atoms with Crippen molar-refractivity contribution >= 4 is 10.8 Å². The molecule has 0 spiro atoms. The summed E-state index contributed by atoms with van der Waals surface area (Å²) in [6.45, 7) is 5.07. The lowest BCUT2D eigenvalue weighted by molar-refractivity contribution is 0.0989. The normalized spacial score (nSPS) is 23.5. The Morgan fingerprint density at radius 2 is 1.81 bits per heavy atom. The zero-order valence-electron chi connectivity index (χ0n) is 12.7. The molecule has 2 aromatic rings. The molecule has 0 aromatic heterocycles. The van der Waals surface area contributed by atoms with E-state index in [9.17, 15) is 0 Å². The van der Waals surface area contributed by atoms with Crippen molar-refractivity contribution in [2.24, 2.45) is 0 Å². The molecule has 0 amide bonds. The zero-order chi connectivity index (χ0) is 14.1. The predicted octanol–water partition coefficient (Wildman–Crippen LogP) is 3.51. The molecule has 2 nitrogen and oxygen atoms in total. The van der Waals surface area contributed by atoms with Crippen LogP contribution in [0.3, 0.4) is 0 Å². The van der Waals surface area contributed by atoms with E-state index in [2.05, 4.69) is 52.3 Å². The minimum Gasteiger partial charge on any atom is -0.287 e. The molecule has 2 heterocycles. The van der Waals surface area contributed by atoms with Crippen LogP contribution in [0, 0.1) is 0 Å². The third-order valence-electron chi connectivity index (χ3n) is 5.18. The minimum atomic E-state index is 0.735. The number of benzene rings is 2. The number of hydrogen-bond donors (Lipinski definition) is 0. The van der Waals surface area contributed by atoms with Crippen LogP contribution < -0.4 is 0 Å². The first-order valence-electron chi connectivity index (χ1n) is 8.36. The van der Waals surface area contributed by atoms with Crippen LogP contribution in [0.1, 0.15) is 24.8 Å². The van der Waals surface area contributed by atoms with E-state index in [1.807, 2.05) is 0 Å². The van der Waals surface area contributed by atoms with Crippen molar-refractivity contribution < 1.29 is 0 Å². The fraction of sp³-hybridized carbons (Fsp3) is 0.474. The van der Waals surface area contributed by atoms with E-state index >= 15 is 0 Å². The van der Waals surface area contributed by atoms with Gasteiger partial charge in [0.25, 0.3) is 0 Å². The average molecular weight is 280 g/mol. The molecule has 21 heavy (non-hydrogen) atoms. The summed E-state index contributed by atoms with van der Waals surface area (Å²) in [6, 6.07) is 15.6. The smallest absolute Gasteiger partial charge is 0.0623 e. The van der Waals surface area contributed by atoms with Crippen LogP contribution in [-0.4, -0.2) is 42.1 Å². The first-order valence-corrected chi connectivity index (χ1v) is 8.36. The lowest BCUT2D eigenvalue weighted by Crippen LogP contribution is -2.42. The van der Waals surface area contributed by atoms with E-state index in [1.54, 1.807) is 0 Å². The summed E-state index contributed by atoms with van der Waals surface area (Å²) in [7, 11) is 0. The molecule has 0 aliphatic carbocycles. The highest BCUT2D eigenvalue weighted by molar-refractivity contribution is 5.82. The Morgan fingerprint density at radius 1 is 0.905 bits per heavy atom. The number of rotatable bonds is 3. The molecule has 1 unspecified atom stereocenters. The molecule has 0 radical (unpaired) electrons. The second-order valence-corrected chi connectivity index (χ2v) is 6.48. The number of hydrogen-bond acceptors (Lipinski definition) is 2. The molecule has 0 saturated carbocycles. The van der Waals surface area contributed by atoms with Crippen molar-refractivity contribution in [1.82, 2.24) is 9.80 Å². The Morgan fingerprint density at radius 3 is 2.76 bits per heavy atom. The molecule has 0 bridgehead atoms. The summed E-state index contributed by atoms with van der Waals surface area (Å²) in [5, 5.41) is 2.72. The van der Waals surface area contributed by atoms with Crippen LogP contribution >= 0.6 is 0 Å². The van der Waals surface area contributed by atoms with E-state index in [-0.39, 0.29) is 0 Å². The topological polar surface area (TPSA) is 6.48 Å². The molecule has 2 heteroatoms. The molecule has 2 saturated heterocycles. The van der Waals surface area contributed by atoms with Gasteiger partial charge in [0.15, 0.2) is 0 Å². The molecule has 2 aliphatic heterocycles. The third-order valence-corrected chi connectivity index (χ3v) is 5.18. The second kappa shape index (κ2) is 5.78. The lowest BCUT2D eigenvalue weighted by Gasteiger charge is -2.34. The highest BCUT2D eigenvalue weighted by Gasteiger charge is 2.32. The van der Waals surface area contributed by atoms with Gasteiger partial charge in [0.2, 0.25) is 0 Å². The van der Waals surface area contributed by atoms with Gasteiger partial charge < -0.3 is 0 Å². The SMILES string of the molecule is c1ccc2cc(CCN3CCN4CCCCC43)ccc2c1. The monoisotopic (exact) mass is 280 g/mol. The van der Waals surface area contributed by atoms with E-state index in [0.29, 0.717) is 0 Å². The molecular formula is C19H24N2. The molecular weight excluding hydrogens is 256 g/mol. The highest BCUT2D eigenvalue weighted by atomic mass is 15.4. The zero-order valence-corrected chi connectivity index (χ0v) is 12.7. The summed E-state index contributed by atoms with van der Waals surface area (Å²) in [5.74, 6) is 0. The molecule has 2 fully saturated rings. The van der Waals surface area contributed by atoms with Gasteiger partial charge in [-0.25, -0.2) is 0 Å². The molecule has 0 N–H and O–H groups in total.